The van der Waals surface area contributed by atoms with Gasteiger partial charge in [0.15, 0.2) is 10.9 Å². The quantitative estimate of drug-likeness (QED) is 0.577. The Morgan fingerprint density at radius 3 is 2.68 bits per heavy atom. The average molecular weight is 350 g/mol. The second kappa shape index (κ2) is 6.57. The fourth-order valence-electron chi connectivity index (χ4n) is 2.83. The third-order valence-corrected chi connectivity index (χ3v) is 4.75. The normalized spacial score (nSPS) is 11.1. The number of imidazole rings is 1. The van der Waals surface area contributed by atoms with E-state index in [1.165, 1.54) is 11.3 Å². The summed E-state index contributed by atoms with van der Waals surface area (Å²) in [5, 5.41) is 2.55. The van der Waals surface area contributed by atoms with Crippen LogP contribution in [0.4, 0.5) is 5.13 Å². The molecule has 6 heteroatoms. The first-order valence-corrected chi connectivity index (χ1v) is 9.02. The molecule has 0 unspecified atom stereocenters. The van der Waals surface area contributed by atoms with Gasteiger partial charge in [-0.2, -0.15) is 0 Å². The number of hydrogen-bond acceptors (Lipinski definition) is 5. The van der Waals surface area contributed by atoms with Crippen molar-refractivity contribution in [1.82, 2.24) is 14.5 Å². The van der Waals surface area contributed by atoms with Crippen molar-refractivity contribution in [1.29, 1.82) is 0 Å². The molecule has 0 saturated heterocycles. The van der Waals surface area contributed by atoms with E-state index in [-0.39, 0.29) is 0 Å². The molecule has 0 aliphatic rings. The van der Waals surface area contributed by atoms with Crippen LogP contribution in [0.25, 0.3) is 22.7 Å². The summed E-state index contributed by atoms with van der Waals surface area (Å²) >= 11 is 1.45. The SMILES string of the molecule is CCc1ccc(-c2c(-c3ccccc3)ncn2Cc2csc(N)n2)o1. The van der Waals surface area contributed by atoms with Crippen molar-refractivity contribution < 1.29 is 4.42 Å². The molecule has 25 heavy (non-hydrogen) atoms. The minimum atomic E-state index is 0.575. The van der Waals surface area contributed by atoms with Gasteiger partial charge in [-0.3, -0.25) is 0 Å². The molecule has 1 aromatic carbocycles. The Labute approximate surface area is 149 Å². The molecule has 0 radical (unpaired) electrons. The molecule has 0 atom stereocenters. The van der Waals surface area contributed by atoms with Crippen LogP contribution in [0.5, 0.6) is 0 Å². The number of nitrogens with two attached hydrogens (primary N) is 1. The molecule has 0 fully saturated rings. The highest BCUT2D eigenvalue weighted by atomic mass is 32.1. The van der Waals surface area contributed by atoms with Gasteiger partial charge in [0, 0.05) is 17.4 Å². The Hall–Kier alpha value is -2.86. The molecule has 0 aliphatic heterocycles. The molecule has 4 aromatic rings. The first-order valence-electron chi connectivity index (χ1n) is 8.14. The average Bonchev–Trinajstić information content (AvgIpc) is 3.35. The van der Waals surface area contributed by atoms with Gasteiger partial charge in [-0.15, -0.1) is 11.3 Å². The standard InChI is InChI=1S/C19H18N4OS/c1-2-15-8-9-16(24-15)18-17(13-6-4-3-5-7-13)21-12-23(18)10-14-11-25-19(20)22-14/h3-9,11-12H,2,10H2,1H3,(H2,20,22). The number of anilines is 1. The maximum atomic E-state index is 6.02. The lowest BCUT2D eigenvalue weighted by Crippen LogP contribution is -2.01. The van der Waals surface area contributed by atoms with Gasteiger partial charge in [0.05, 0.1) is 24.3 Å². The van der Waals surface area contributed by atoms with E-state index in [1.54, 1.807) is 0 Å². The summed E-state index contributed by atoms with van der Waals surface area (Å²) in [4.78, 5) is 9.01. The molecule has 0 aliphatic carbocycles. The third-order valence-electron chi connectivity index (χ3n) is 4.03. The van der Waals surface area contributed by atoms with Gasteiger partial charge >= 0.3 is 0 Å². The highest BCUT2D eigenvalue weighted by Gasteiger charge is 2.18. The van der Waals surface area contributed by atoms with E-state index in [0.29, 0.717) is 11.7 Å². The zero-order valence-corrected chi connectivity index (χ0v) is 14.7. The summed E-state index contributed by atoms with van der Waals surface area (Å²) in [5.74, 6) is 1.77. The van der Waals surface area contributed by atoms with Crippen molar-refractivity contribution >= 4 is 16.5 Å². The van der Waals surface area contributed by atoms with Crippen molar-refractivity contribution in [3.05, 3.63) is 65.6 Å². The molecule has 5 nitrogen and oxygen atoms in total. The predicted octanol–water partition coefficient (Wildman–Crippen LogP) is 4.46. The molecule has 0 spiro atoms. The van der Waals surface area contributed by atoms with Crippen LogP contribution in [-0.2, 0) is 13.0 Å². The summed E-state index contributed by atoms with van der Waals surface area (Å²) in [6.07, 6.45) is 2.69. The van der Waals surface area contributed by atoms with Crippen molar-refractivity contribution in [2.45, 2.75) is 19.9 Å². The van der Waals surface area contributed by atoms with E-state index in [4.69, 9.17) is 10.2 Å². The number of furan rings is 1. The number of hydrogen-bond donors (Lipinski definition) is 1. The van der Waals surface area contributed by atoms with Gasteiger partial charge in [-0.25, -0.2) is 9.97 Å². The van der Waals surface area contributed by atoms with Crippen LogP contribution in [0.2, 0.25) is 0 Å². The van der Waals surface area contributed by atoms with Crippen molar-refractivity contribution in [3.8, 4) is 22.7 Å². The Morgan fingerprint density at radius 2 is 2.00 bits per heavy atom. The molecule has 126 valence electrons. The van der Waals surface area contributed by atoms with Crippen LogP contribution < -0.4 is 5.73 Å². The van der Waals surface area contributed by atoms with Gasteiger partial charge in [-0.05, 0) is 12.1 Å². The van der Waals surface area contributed by atoms with Crippen LogP contribution in [-0.4, -0.2) is 14.5 Å². The smallest absolute Gasteiger partial charge is 0.180 e. The van der Waals surface area contributed by atoms with E-state index in [2.05, 4.69) is 33.6 Å². The lowest BCUT2D eigenvalue weighted by molar-refractivity contribution is 0.524. The number of benzene rings is 1. The summed E-state index contributed by atoms with van der Waals surface area (Å²) in [6, 6.07) is 14.2. The predicted molar refractivity (Wildman–Crippen MR) is 100 cm³/mol. The first kappa shape index (κ1) is 15.7. The fraction of sp³-hybridized carbons (Fsp3) is 0.158. The highest BCUT2D eigenvalue weighted by molar-refractivity contribution is 7.13. The summed E-state index contributed by atoms with van der Waals surface area (Å²) in [5.41, 5.74) is 9.60. The lowest BCUT2D eigenvalue weighted by atomic mass is 10.1. The maximum Gasteiger partial charge on any atom is 0.180 e. The summed E-state index contributed by atoms with van der Waals surface area (Å²) in [6.45, 7) is 2.68. The largest absolute Gasteiger partial charge is 0.459 e. The highest BCUT2D eigenvalue weighted by Crippen LogP contribution is 2.33. The Morgan fingerprint density at radius 1 is 1.16 bits per heavy atom. The molecule has 3 aromatic heterocycles. The number of thiazole rings is 1. The lowest BCUT2D eigenvalue weighted by Gasteiger charge is -2.07. The molecule has 4 rings (SSSR count). The van der Waals surface area contributed by atoms with Gasteiger partial charge in [0.1, 0.15) is 11.5 Å². The van der Waals surface area contributed by atoms with Crippen molar-refractivity contribution in [3.63, 3.8) is 0 Å². The van der Waals surface area contributed by atoms with E-state index in [1.807, 2.05) is 42.0 Å². The summed E-state index contributed by atoms with van der Waals surface area (Å²) in [7, 11) is 0. The molecule has 0 saturated carbocycles. The molecular formula is C19H18N4OS. The Balaban J connectivity index is 1.82. The number of rotatable bonds is 5. The monoisotopic (exact) mass is 350 g/mol. The minimum absolute atomic E-state index is 0.575. The van der Waals surface area contributed by atoms with Crippen molar-refractivity contribution in [2.24, 2.45) is 0 Å². The van der Waals surface area contributed by atoms with Crippen LogP contribution in [0, 0.1) is 0 Å². The molecule has 0 bridgehead atoms. The van der Waals surface area contributed by atoms with E-state index in [0.717, 1.165) is 40.6 Å². The zero-order chi connectivity index (χ0) is 17.2. The number of aromatic nitrogens is 3. The Kier molecular flexibility index (Phi) is 4.11. The van der Waals surface area contributed by atoms with Crippen LogP contribution in [0.3, 0.4) is 0 Å². The molecule has 0 amide bonds. The second-order valence-corrected chi connectivity index (χ2v) is 6.62. The maximum absolute atomic E-state index is 6.02. The Bertz CT molecular complexity index is 984. The van der Waals surface area contributed by atoms with Crippen LogP contribution >= 0.6 is 11.3 Å². The second-order valence-electron chi connectivity index (χ2n) is 5.73. The van der Waals surface area contributed by atoms with Gasteiger partial charge in [-0.1, -0.05) is 37.3 Å². The van der Waals surface area contributed by atoms with Gasteiger partial charge in [0.2, 0.25) is 0 Å². The van der Waals surface area contributed by atoms with Crippen LogP contribution in [0.1, 0.15) is 18.4 Å². The van der Waals surface area contributed by atoms with E-state index >= 15 is 0 Å². The van der Waals surface area contributed by atoms with Gasteiger partial charge in [0.25, 0.3) is 0 Å². The number of nitrogen functional groups attached to an aromatic ring is 1. The third kappa shape index (κ3) is 3.08. The molecule has 3 heterocycles. The van der Waals surface area contributed by atoms with Crippen molar-refractivity contribution in [2.75, 3.05) is 5.73 Å². The van der Waals surface area contributed by atoms with Gasteiger partial charge < -0.3 is 14.7 Å². The molecule has 2 N–H and O–H groups in total. The zero-order valence-electron chi connectivity index (χ0n) is 13.8. The first-order chi connectivity index (χ1) is 12.2. The van der Waals surface area contributed by atoms with E-state index in [9.17, 15) is 0 Å². The topological polar surface area (TPSA) is 69.9 Å². The fourth-order valence-corrected chi connectivity index (χ4v) is 3.39. The number of aryl methyl sites for hydroxylation is 1. The van der Waals surface area contributed by atoms with Crippen LogP contribution in [0.15, 0.2) is 58.6 Å². The summed E-state index contributed by atoms with van der Waals surface area (Å²) < 4.78 is 8.08. The molecular weight excluding hydrogens is 332 g/mol. The number of nitrogens with zero attached hydrogens (tertiary/aromatic N) is 3. The van der Waals surface area contributed by atoms with E-state index < -0.39 is 0 Å². The minimum Gasteiger partial charge on any atom is -0.459 e.